The van der Waals surface area contributed by atoms with Crippen LogP contribution in [0.1, 0.15) is 17.3 Å². The zero-order valence-electron chi connectivity index (χ0n) is 12.5. The Kier molecular flexibility index (Phi) is 3.48. The fraction of sp³-hybridized carbons (Fsp3) is 0.0526. The first-order chi connectivity index (χ1) is 11.4. The third-order valence-corrected chi connectivity index (χ3v) is 3.83. The SMILES string of the molecule is c1ccc(C(Nc2ccccn2)c2cnc3ccccn23)cc1. The fourth-order valence-corrected chi connectivity index (χ4v) is 2.74. The predicted molar refractivity (Wildman–Crippen MR) is 91.3 cm³/mol. The first-order valence-corrected chi connectivity index (χ1v) is 7.56. The number of imidazole rings is 1. The van der Waals surface area contributed by atoms with Gasteiger partial charge in [0, 0.05) is 12.4 Å². The normalized spacial score (nSPS) is 12.2. The van der Waals surface area contributed by atoms with Gasteiger partial charge >= 0.3 is 0 Å². The molecule has 1 N–H and O–H groups in total. The molecule has 0 aliphatic rings. The monoisotopic (exact) mass is 300 g/mol. The summed E-state index contributed by atoms with van der Waals surface area (Å²) in [4.78, 5) is 8.90. The van der Waals surface area contributed by atoms with Gasteiger partial charge in [-0.3, -0.25) is 0 Å². The van der Waals surface area contributed by atoms with E-state index in [0.29, 0.717) is 0 Å². The number of rotatable bonds is 4. The maximum atomic E-state index is 4.51. The molecule has 0 fully saturated rings. The van der Waals surface area contributed by atoms with Crippen LogP contribution in [0.5, 0.6) is 0 Å². The van der Waals surface area contributed by atoms with Crippen molar-refractivity contribution >= 4 is 11.5 Å². The molecule has 4 rings (SSSR count). The molecule has 0 amide bonds. The Balaban J connectivity index is 1.82. The molecule has 0 saturated heterocycles. The van der Waals surface area contributed by atoms with Gasteiger partial charge in [0.15, 0.2) is 0 Å². The predicted octanol–water partition coefficient (Wildman–Crippen LogP) is 3.93. The van der Waals surface area contributed by atoms with E-state index in [9.17, 15) is 0 Å². The number of hydrogen-bond acceptors (Lipinski definition) is 3. The molecular weight excluding hydrogens is 284 g/mol. The lowest BCUT2D eigenvalue weighted by Crippen LogP contribution is -2.15. The molecule has 1 unspecified atom stereocenters. The zero-order valence-corrected chi connectivity index (χ0v) is 12.5. The van der Waals surface area contributed by atoms with Gasteiger partial charge in [-0.05, 0) is 29.8 Å². The molecule has 0 saturated carbocycles. The van der Waals surface area contributed by atoms with Crippen LogP contribution in [0.15, 0.2) is 85.3 Å². The molecule has 0 bridgehead atoms. The summed E-state index contributed by atoms with van der Waals surface area (Å²) < 4.78 is 2.10. The van der Waals surface area contributed by atoms with Crippen LogP contribution in [-0.2, 0) is 0 Å². The summed E-state index contributed by atoms with van der Waals surface area (Å²) in [6.07, 6.45) is 5.75. The third kappa shape index (κ3) is 2.66. The van der Waals surface area contributed by atoms with Crippen molar-refractivity contribution in [3.8, 4) is 0 Å². The summed E-state index contributed by atoms with van der Waals surface area (Å²) in [5, 5.41) is 3.52. The minimum absolute atomic E-state index is 0.0245. The highest BCUT2D eigenvalue weighted by atomic mass is 15.1. The first-order valence-electron chi connectivity index (χ1n) is 7.56. The molecule has 4 heteroatoms. The third-order valence-electron chi connectivity index (χ3n) is 3.83. The lowest BCUT2D eigenvalue weighted by Gasteiger charge is -2.19. The summed E-state index contributed by atoms with van der Waals surface area (Å²) in [5.41, 5.74) is 3.19. The van der Waals surface area contributed by atoms with Crippen LogP contribution >= 0.6 is 0 Å². The van der Waals surface area contributed by atoms with E-state index in [4.69, 9.17) is 0 Å². The second-order valence-corrected chi connectivity index (χ2v) is 5.31. The Morgan fingerprint density at radius 2 is 1.65 bits per heavy atom. The second kappa shape index (κ2) is 5.93. The van der Waals surface area contributed by atoms with Crippen molar-refractivity contribution in [2.45, 2.75) is 6.04 Å². The highest BCUT2D eigenvalue weighted by Crippen LogP contribution is 2.26. The number of nitrogens with one attached hydrogen (secondary N) is 1. The van der Waals surface area contributed by atoms with E-state index in [2.05, 4.69) is 31.8 Å². The second-order valence-electron chi connectivity index (χ2n) is 5.31. The number of nitrogens with zero attached hydrogens (tertiary/aromatic N) is 3. The average Bonchev–Trinajstić information content (AvgIpc) is 3.05. The van der Waals surface area contributed by atoms with Crippen LogP contribution in [0.4, 0.5) is 5.82 Å². The molecule has 112 valence electrons. The quantitative estimate of drug-likeness (QED) is 0.621. The van der Waals surface area contributed by atoms with E-state index in [-0.39, 0.29) is 6.04 Å². The van der Waals surface area contributed by atoms with Crippen LogP contribution in [-0.4, -0.2) is 14.4 Å². The van der Waals surface area contributed by atoms with Gasteiger partial charge in [-0.2, -0.15) is 0 Å². The van der Waals surface area contributed by atoms with Gasteiger partial charge in [-0.25, -0.2) is 9.97 Å². The van der Waals surface area contributed by atoms with Crippen LogP contribution in [0, 0.1) is 0 Å². The minimum atomic E-state index is -0.0245. The van der Waals surface area contributed by atoms with Crippen molar-refractivity contribution in [2.75, 3.05) is 5.32 Å². The fourth-order valence-electron chi connectivity index (χ4n) is 2.74. The number of fused-ring (bicyclic) bond motifs is 1. The molecule has 1 atom stereocenters. The number of anilines is 1. The molecule has 0 spiro atoms. The Morgan fingerprint density at radius 1 is 0.826 bits per heavy atom. The highest BCUT2D eigenvalue weighted by molar-refractivity contribution is 5.47. The van der Waals surface area contributed by atoms with Crippen LogP contribution < -0.4 is 5.32 Å². The van der Waals surface area contributed by atoms with Gasteiger partial charge in [-0.1, -0.05) is 42.5 Å². The van der Waals surface area contributed by atoms with Crippen molar-refractivity contribution in [2.24, 2.45) is 0 Å². The number of aromatic nitrogens is 3. The molecule has 1 aromatic carbocycles. The number of pyridine rings is 2. The van der Waals surface area contributed by atoms with E-state index in [0.717, 1.165) is 17.2 Å². The average molecular weight is 300 g/mol. The minimum Gasteiger partial charge on any atom is -0.358 e. The van der Waals surface area contributed by atoms with Crippen LogP contribution in [0.25, 0.3) is 5.65 Å². The van der Waals surface area contributed by atoms with Crippen molar-refractivity contribution in [1.29, 1.82) is 0 Å². The highest BCUT2D eigenvalue weighted by Gasteiger charge is 2.18. The summed E-state index contributed by atoms with van der Waals surface area (Å²) in [6.45, 7) is 0. The molecule has 3 heterocycles. The Bertz CT molecular complexity index is 900. The largest absolute Gasteiger partial charge is 0.358 e. The Morgan fingerprint density at radius 3 is 2.48 bits per heavy atom. The van der Waals surface area contributed by atoms with Crippen molar-refractivity contribution in [3.05, 3.63) is 96.6 Å². The van der Waals surface area contributed by atoms with E-state index < -0.39 is 0 Å². The van der Waals surface area contributed by atoms with E-state index in [1.807, 2.05) is 67.0 Å². The van der Waals surface area contributed by atoms with Crippen molar-refractivity contribution in [1.82, 2.24) is 14.4 Å². The van der Waals surface area contributed by atoms with Crippen LogP contribution in [0.3, 0.4) is 0 Å². The van der Waals surface area contributed by atoms with E-state index in [1.54, 1.807) is 6.20 Å². The summed E-state index contributed by atoms with van der Waals surface area (Å²) >= 11 is 0. The number of benzene rings is 1. The molecule has 0 aliphatic heterocycles. The first kappa shape index (κ1) is 13.5. The molecule has 0 aliphatic carbocycles. The molecule has 4 aromatic rings. The molecular formula is C19H16N4. The maximum Gasteiger partial charge on any atom is 0.136 e. The smallest absolute Gasteiger partial charge is 0.136 e. The summed E-state index contributed by atoms with van der Waals surface area (Å²) in [7, 11) is 0. The Hall–Kier alpha value is -3.14. The van der Waals surface area contributed by atoms with E-state index >= 15 is 0 Å². The maximum absolute atomic E-state index is 4.51. The summed E-state index contributed by atoms with van der Waals surface area (Å²) in [6, 6.07) is 22.2. The van der Waals surface area contributed by atoms with Gasteiger partial charge in [-0.15, -0.1) is 0 Å². The van der Waals surface area contributed by atoms with E-state index in [1.165, 1.54) is 5.56 Å². The van der Waals surface area contributed by atoms with Gasteiger partial charge < -0.3 is 9.72 Å². The number of hydrogen-bond donors (Lipinski definition) is 1. The lowest BCUT2D eigenvalue weighted by molar-refractivity contribution is 0.861. The van der Waals surface area contributed by atoms with Crippen molar-refractivity contribution < 1.29 is 0 Å². The Labute approximate surface area is 134 Å². The molecule has 23 heavy (non-hydrogen) atoms. The van der Waals surface area contributed by atoms with Gasteiger partial charge in [0.05, 0.1) is 17.9 Å². The van der Waals surface area contributed by atoms with Gasteiger partial charge in [0.1, 0.15) is 11.5 Å². The summed E-state index contributed by atoms with van der Waals surface area (Å²) in [5.74, 6) is 0.840. The standard InChI is InChI=1S/C19H16N4/c1-2-8-15(9-3-1)19(22-17-10-4-6-12-20-17)16-14-21-18-11-5-7-13-23(16)18/h1-14,19H,(H,20,22). The lowest BCUT2D eigenvalue weighted by atomic mass is 10.0. The van der Waals surface area contributed by atoms with Crippen LogP contribution in [0.2, 0.25) is 0 Å². The zero-order chi connectivity index (χ0) is 15.5. The van der Waals surface area contributed by atoms with Gasteiger partial charge in [0.2, 0.25) is 0 Å². The topological polar surface area (TPSA) is 42.2 Å². The molecule has 4 nitrogen and oxygen atoms in total. The molecule has 3 aromatic heterocycles. The van der Waals surface area contributed by atoms with Crippen molar-refractivity contribution in [3.63, 3.8) is 0 Å². The van der Waals surface area contributed by atoms with Gasteiger partial charge in [0.25, 0.3) is 0 Å². The molecule has 0 radical (unpaired) electrons.